The molecule has 0 aliphatic carbocycles. The molecular weight excluding hydrogens is 692 g/mol. The Hall–Kier alpha value is -3.58. The summed E-state index contributed by atoms with van der Waals surface area (Å²) in [6.07, 6.45) is 6.42. The molecule has 4 amide bonds. The Morgan fingerprint density at radius 2 is 1.54 bits per heavy atom. The SMILES string of the molecule is CCCCNC(=O)COc1ccc(C(=O)NC(C(N)=O)C(CCC(O)CC(CCCCNC(=O)OC(C)(C)C)C(C)C)C(C)C)c(OCCCCOC)c1. The first-order valence-electron chi connectivity index (χ1n) is 19.9. The quantitative estimate of drug-likeness (QED) is 0.0625. The predicted molar refractivity (Wildman–Crippen MR) is 212 cm³/mol. The average molecular weight is 765 g/mol. The highest BCUT2D eigenvalue weighted by atomic mass is 16.6. The molecule has 1 aromatic rings. The molecule has 0 radical (unpaired) electrons. The van der Waals surface area contributed by atoms with E-state index in [9.17, 15) is 24.3 Å². The zero-order valence-electron chi connectivity index (χ0n) is 34.6. The first-order valence-corrected chi connectivity index (χ1v) is 19.9. The van der Waals surface area contributed by atoms with E-state index in [0.717, 1.165) is 38.5 Å². The first-order chi connectivity index (χ1) is 25.5. The summed E-state index contributed by atoms with van der Waals surface area (Å²) in [6, 6.07) is 3.73. The van der Waals surface area contributed by atoms with Gasteiger partial charge < -0.3 is 45.7 Å². The number of primary amides is 1. The molecule has 1 aromatic carbocycles. The van der Waals surface area contributed by atoms with Gasteiger partial charge in [-0.3, -0.25) is 14.4 Å². The average Bonchev–Trinajstić information content (AvgIpc) is 3.08. The lowest BCUT2D eigenvalue weighted by Crippen LogP contribution is -2.50. The fourth-order valence-electron chi connectivity index (χ4n) is 6.14. The largest absolute Gasteiger partial charge is 0.493 e. The van der Waals surface area contributed by atoms with Gasteiger partial charge in [0.1, 0.15) is 23.1 Å². The number of carbonyl (C=O) groups excluding carboxylic acids is 4. The third-order valence-corrected chi connectivity index (χ3v) is 9.32. The van der Waals surface area contributed by atoms with Gasteiger partial charge in [0.25, 0.3) is 11.8 Å². The molecule has 6 N–H and O–H groups in total. The standard InChI is InChI=1S/C41H72N4O9/c1-10-11-21-43-36(47)27-53-32-18-20-34(35(26-32)52-24-15-14-23-51-9)39(49)45-37(38(42)48)33(29(4)5)19-17-31(46)25-30(28(2)3)16-12-13-22-44-40(50)54-41(6,7)8/h18,20,26,28-31,33,37,46H,10-17,19,21-25,27H2,1-9H3,(H2,42,48)(H,43,47)(H,44,50)(H,45,49). The topological polar surface area (TPSA) is 188 Å². The van der Waals surface area contributed by atoms with E-state index in [1.807, 2.05) is 41.5 Å². The molecular formula is C41H72N4O9. The molecule has 13 nitrogen and oxygen atoms in total. The molecule has 0 spiro atoms. The second-order valence-corrected chi connectivity index (χ2v) is 15.9. The number of unbranched alkanes of at least 4 members (excludes halogenated alkanes) is 3. The fraction of sp³-hybridized carbons (Fsp3) is 0.756. The molecule has 0 aromatic heterocycles. The molecule has 13 heteroatoms. The zero-order valence-corrected chi connectivity index (χ0v) is 34.6. The Balaban J connectivity index is 2.95. The van der Waals surface area contributed by atoms with E-state index in [4.69, 9.17) is 24.7 Å². The summed E-state index contributed by atoms with van der Waals surface area (Å²) in [7, 11) is 1.63. The van der Waals surface area contributed by atoms with Crippen molar-refractivity contribution in [3.05, 3.63) is 23.8 Å². The number of amides is 4. The predicted octanol–water partition coefficient (Wildman–Crippen LogP) is 6.14. The molecule has 310 valence electrons. The van der Waals surface area contributed by atoms with Crippen molar-refractivity contribution >= 4 is 23.8 Å². The summed E-state index contributed by atoms with van der Waals surface area (Å²) in [5.41, 5.74) is 5.57. The maximum Gasteiger partial charge on any atom is 0.407 e. The maximum absolute atomic E-state index is 13.8. The lowest BCUT2D eigenvalue weighted by Gasteiger charge is -2.30. The number of aliphatic hydroxyl groups excluding tert-OH is 1. The van der Waals surface area contributed by atoms with Crippen LogP contribution >= 0.6 is 0 Å². The van der Waals surface area contributed by atoms with Crippen LogP contribution in [0.2, 0.25) is 0 Å². The van der Waals surface area contributed by atoms with E-state index in [2.05, 4.69) is 29.8 Å². The fourth-order valence-corrected chi connectivity index (χ4v) is 6.14. The van der Waals surface area contributed by atoms with Crippen molar-refractivity contribution in [3.8, 4) is 11.5 Å². The highest BCUT2D eigenvalue weighted by Crippen LogP contribution is 2.30. The summed E-state index contributed by atoms with van der Waals surface area (Å²) in [5, 5.41) is 19.6. The van der Waals surface area contributed by atoms with E-state index in [1.165, 1.54) is 0 Å². The van der Waals surface area contributed by atoms with Crippen molar-refractivity contribution in [2.24, 2.45) is 29.4 Å². The molecule has 0 aliphatic heterocycles. The van der Waals surface area contributed by atoms with Crippen LogP contribution in [0.3, 0.4) is 0 Å². The summed E-state index contributed by atoms with van der Waals surface area (Å²) in [5.74, 6) is -0.529. The second-order valence-electron chi connectivity index (χ2n) is 15.9. The van der Waals surface area contributed by atoms with Crippen LogP contribution in [-0.2, 0) is 19.1 Å². The van der Waals surface area contributed by atoms with Gasteiger partial charge in [0.15, 0.2) is 6.61 Å². The summed E-state index contributed by atoms with van der Waals surface area (Å²) >= 11 is 0. The highest BCUT2D eigenvalue weighted by molar-refractivity contribution is 5.99. The summed E-state index contributed by atoms with van der Waals surface area (Å²) in [4.78, 5) is 50.8. The van der Waals surface area contributed by atoms with Crippen molar-refractivity contribution in [1.82, 2.24) is 16.0 Å². The van der Waals surface area contributed by atoms with Crippen LogP contribution in [-0.4, -0.2) is 86.7 Å². The molecule has 0 bridgehead atoms. The number of aliphatic hydroxyl groups is 1. The number of nitrogens with one attached hydrogen (secondary N) is 3. The van der Waals surface area contributed by atoms with Crippen LogP contribution in [0.25, 0.3) is 0 Å². The minimum atomic E-state index is -0.986. The number of benzene rings is 1. The van der Waals surface area contributed by atoms with Crippen LogP contribution in [0.15, 0.2) is 18.2 Å². The number of ether oxygens (including phenoxy) is 4. The van der Waals surface area contributed by atoms with Crippen molar-refractivity contribution in [3.63, 3.8) is 0 Å². The molecule has 4 unspecified atom stereocenters. The van der Waals surface area contributed by atoms with Crippen molar-refractivity contribution in [1.29, 1.82) is 0 Å². The summed E-state index contributed by atoms with van der Waals surface area (Å²) < 4.78 is 22.1. The Morgan fingerprint density at radius 3 is 2.15 bits per heavy atom. The second kappa shape index (κ2) is 26.3. The number of hydrogen-bond donors (Lipinski definition) is 5. The van der Waals surface area contributed by atoms with Crippen molar-refractivity contribution in [2.75, 3.05) is 40.0 Å². The minimum absolute atomic E-state index is 0.0240. The van der Waals surface area contributed by atoms with Gasteiger partial charge in [-0.15, -0.1) is 0 Å². The molecule has 0 fully saturated rings. The van der Waals surface area contributed by atoms with E-state index < -0.39 is 35.7 Å². The van der Waals surface area contributed by atoms with Gasteiger partial charge in [-0.25, -0.2) is 4.79 Å². The molecule has 1 rings (SSSR count). The number of carbonyl (C=O) groups is 4. The van der Waals surface area contributed by atoms with E-state index >= 15 is 0 Å². The van der Waals surface area contributed by atoms with Crippen LogP contribution in [0.5, 0.6) is 11.5 Å². The lowest BCUT2D eigenvalue weighted by molar-refractivity contribution is -0.123. The Bertz CT molecular complexity index is 1250. The lowest BCUT2D eigenvalue weighted by atomic mass is 9.81. The molecule has 0 heterocycles. The number of hydrogen-bond acceptors (Lipinski definition) is 9. The summed E-state index contributed by atoms with van der Waals surface area (Å²) in [6.45, 7) is 17.6. The third kappa shape index (κ3) is 20.8. The van der Waals surface area contributed by atoms with Gasteiger partial charge in [0.05, 0.1) is 18.3 Å². The van der Waals surface area contributed by atoms with Gasteiger partial charge >= 0.3 is 6.09 Å². The Labute approximate surface area is 324 Å². The van der Waals surface area contributed by atoms with E-state index in [-0.39, 0.29) is 41.6 Å². The van der Waals surface area contributed by atoms with Crippen LogP contribution in [0, 0.1) is 23.7 Å². The van der Waals surface area contributed by atoms with Gasteiger partial charge in [0.2, 0.25) is 5.91 Å². The molecule has 0 saturated carbocycles. The molecule has 0 aliphatic rings. The van der Waals surface area contributed by atoms with Crippen molar-refractivity contribution < 1.29 is 43.2 Å². The van der Waals surface area contributed by atoms with E-state index in [0.29, 0.717) is 63.7 Å². The number of methoxy groups -OCH3 is 1. The number of alkyl carbamates (subject to hydrolysis) is 1. The first kappa shape index (κ1) is 48.4. The number of nitrogens with two attached hydrogens (primary N) is 1. The van der Waals surface area contributed by atoms with Gasteiger partial charge in [-0.1, -0.05) is 53.9 Å². The van der Waals surface area contributed by atoms with Gasteiger partial charge in [-0.05, 0) is 102 Å². The number of rotatable bonds is 28. The Kier molecular flexibility index (Phi) is 23.6. The van der Waals surface area contributed by atoms with Gasteiger partial charge in [0, 0.05) is 32.9 Å². The van der Waals surface area contributed by atoms with Crippen LogP contribution in [0.4, 0.5) is 4.79 Å². The Morgan fingerprint density at radius 1 is 0.852 bits per heavy atom. The minimum Gasteiger partial charge on any atom is -0.493 e. The van der Waals surface area contributed by atoms with Crippen LogP contribution in [0.1, 0.15) is 130 Å². The zero-order chi connectivity index (χ0) is 40.7. The van der Waals surface area contributed by atoms with E-state index in [1.54, 1.807) is 25.3 Å². The van der Waals surface area contributed by atoms with Crippen LogP contribution < -0.4 is 31.2 Å². The highest BCUT2D eigenvalue weighted by Gasteiger charge is 2.32. The van der Waals surface area contributed by atoms with Gasteiger partial charge in [-0.2, -0.15) is 0 Å². The normalized spacial score (nSPS) is 13.9. The monoisotopic (exact) mass is 765 g/mol. The van der Waals surface area contributed by atoms with Crippen molar-refractivity contribution in [2.45, 2.75) is 137 Å². The smallest absolute Gasteiger partial charge is 0.407 e. The maximum atomic E-state index is 13.8. The third-order valence-electron chi connectivity index (χ3n) is 9.32. The molecule has 54 heavy (non-hydrogen) atoms. The molecule has 4 atom stereocenters. The molecule has 0 saturated heterocycles.